The predicted molar refractivity (Wildman–Crippen MR) is 70.0 cm³/mol. The van der Waals surface area contributed by atoms with Crippen molar-refractivity contribution in [2.75, 3.05) is 7.05 Å². The molecule has 2 heteroatoms. The van der Waals surface area contributed by atoms with Crippen molar-refractivity contribution >= 4 is 15.9 Å². The summed E-state index contributed by atoms with van der Waals surface area (Å²) >= 11 is 3.59. The summed E-state index contributed by atoms with van der Waals surface area (Å²) in [6, 6.07) is 8.42. The van der Waals surface area contributed by atoms with Gasteiger partial charge in [0.15, 0.2) is 0 Å². The van der Waals surface area contributed by atoms with Crippen molar-refractivity contribution in [1.29, 1.82) is 0 Å². The highest BCUT2D eigenvalue weighted by molar-refractivity contribution is 9.10. The fourth-order valence-corrected chi connectivity index (χ4v) is 1.78. The second-order valence-corrected chi connectivity index (χ2v) is 5.47. The molecule has 0 radical (unpaired) electrons. The minimum atomic E-state index is 0.259. The fourth-order valence-electron chi connectivity index (χ4n) is 1.37. The van der Waals surface area contributed by atoms with Crippen LogP contribution < -0.4 is 0 Å². The molecule has 1 aromatic carbocycles. The summed E-state index contributed by atoms with van der Waals surface area (Å²) in [7, 11) is 2.18. The van der Waals surface area contributed by atoms with Gasteiger partial charge in [-0.1, -0.05) is 41.1 Å². The first-order valence-corrected chi connectivity index (χ1v) is 6.21. The van der Waals surface area contributed by atoms with Gasteiger partial charge in [0.25, 0.3) is 0 Å². The van der Waals surface area contributed by atoms with E-state index in [0.717, 1.165) is 13.0 Å². The van der Waals surface area contributed by atoms with Crippen molar-refractivity contribution in [1.82, 2.24) is 4.90 Å². The lowest BCUT2D eigenvalue weighted by atomic mass is 9.99. The molecule has 0 aliphatic heterocycles. The number of halogens is 1. The maximum Gasteiger partial charge on any atom is 0.0247 e. The van der Waals surface area contributed by atoms with Crippen LogP contribution in [0.2, 0.25) is 0 Å². The normalized spacial score (nSPS) is 12.1. The molecule has 15 heavy (non-hydrogen) atoms. The SMILES string of the molecule is CCC(C)(C)N(C)Cc1ccccc1Br. The second kappa shape index (κ2) is 5.13. The molecule has 0 fully saturated rings. The maximum atomic E-state index is 3.59. The van der Waals surface area contributed by atoms with Crippen LogP contribution >= 0.6 is 15.9 Å². The van der Waals surface area contributed by atoms with Gasteiger partial charge >= 0.3 is 0 Å². The van der Waals surface area contributed by atoms with E-state index >= 15 is 0 Å². The molecule has 0 aromatic heterocycles. The Balaban J connectivity index is 2.75. The monoisotopic (exact) mass is 269 g/mol. The van der Waals surface area contributed by atoms with E-state index in [2.05, 4.69) is 72.9 Å². The Hall–Kier alpha value is -0.340. The summed E-state index contributed by atoms with van der Waals surface area (Å²) in [6.07, 6.45) is 1.16. The third-order valence-electron chi connectivity index (χ3n) is 3.26. The zero-order valence-electron chi connectivity index (χ0n) is 10.0. The molecule has 0 aliphatic rings. The quantitative estimate of drug-likeness (QED) is 0.797. The Labute approximate surface area is 102 Å². The number of hydrogen-bond acceptors (Lipinski definition) is 1. The first kappa shape index (κ1) is 12.7. The van der Waals surface area contributed by atoms with Gasteiger partial charge in [0, 0.05) is 16.6 Å². The van der Waals surface area contributed by atoms with Crippen LogP contribution in [0.5, 0.6) is 0 Å². The summed E-state index contributed by atoms with van der Waals surface area (Å²) in [5.74, 6) is 0. The first-order chi connectivity index (χ1) is 6.97. The van der Waals surface area contributed by atoms with E-state index < -0.39 is 0 Å². The Kier molecular flexibility index (Phi) is 4.35. The Morgan fingerprint density at radius 1 is 1.27 bits per heavy atom. The molecule has 1 nitrogen and oxygen atoms in total. The van der Waals surface area contributed by atoms with Gasteiger partial charge in [0.1, 0.15) is 0 Å². The molecule has 1 rings (SSSR count). The largest absolute Gasteiger partial charge is 0.297 e. The fraction of sp³-hybridized carbons (Fsp3) is 0.538. The molecular weight excluding hydrogens is 250 g/mol. The lowest BCUT2D eigenvalue weighted by molar-refractivity contribution is 0.143. The highest BCUT2D eigenvalue weighted by atomic mass is 79.9. The van der Waals surface area contributed by atoms with E-state index in [0.29, 0.717) is 0 Å². The lowest BCUT2D eigenvalue weighted by Gasteiger charge is -2.35. The van der Waals surface area contributed by atoms with Gasteiger partial charge in [0.2, 0.25) is 0 Å². The number of nitrogens with zero attached hydrogens (tertiary/aromatic N) is 1. The van der Waals surface area contributed by atoms with E-state index in [9.17, 15) is 0 Å². The van der Waals surface area contributed by atoms with E-state index in [1.54, 1.807) is 0 Å². The number of benzene rings is 1. The van der Waals surface area contributed by atoms with Crippen LogP contribution in [0.25, 0.3) is 0 Å². The van der Waals surface area contributed by atoms with Crippen molar-refractivity contribution in [3.63, 3.8) is 0 Å². The van der Waals surface area contributed by atoms with Gasteiger partial charge in [-0.15, -0.1) is 0 Å². The average Bonchev–Trinajstić information content (AvgIpc) is 2.21. The van der Waals surface area contributed by atoms with Crippen molar-refractivity contribution in [3.05, 3.63) is 34.3 Å². The smallest absolute Gasteiger partial charge is 0.0247 e. The van der Waals surface area contributed by atoms with Gasteiger partial charge in [-0.05, 0) is 38.9 Å². The third kappa shape index (κ3) is 3.32. The highest BCUT2D eigenvalue weighted by Crippen LogP contribution is 2.23. The minimum absolute atomic E-state index is 0.259. The van der Waals surface area contributed by atoms with Gasteiger partial charge in [-0.3, -0.25) is 4.90 Å². The molecule has 84 valence electrons. The molecule has 0 atom stereocenters. The summed E-state index contributed by atoms with van der Waals surface area (Å²) in [5.41, 5.74) is 1.61. The van der Waals surface area contributed by atoms with E-state index in [1.165, 1.54) is 10.0 Å². The van der Waals surface area contributed by atoms with Crippen molar-refractivity contribution < 1.29 is 0 Å². The molecule has 1 aromatic rings. The van der Waals surface area contributed by atoms with Crippen molar-refractivity contribution in [2.24, 2.45) is 0 Å². The molecule has 0 spiro atoms. The second-order valence-electron chi connectivity index (χ2n) is 4.61. The number of hydrogen-bond donors (Lipinski definition) is 0. The Morgan fingerprint density at radius 3 is 2.40 bits per heavy atom. The van der Waals surface area contributed by atoms with E-state index in [4.69, 9.17) is 0 Å². The first-order valence-electron chi connectivity index (χ1n) is 5.42. The van der Waals surface area contributed by atoms with Crippen molar-refractivity contribution in [2.45, 2.75) is 39.3 Å². The molecule has 0 aliphatic carbocycles. The van der Waals surface area contributed by atoms with E-state index in [1.807, 2.05) is 0 Å². The molecule has 0 amide bonds. The van der Waals surface area contributed by atoms with Crippen LogP contribution in [0.1, 0.15) is 32.8 Å². The topological polar surface area (TPSA) is 3.24 Å². The summed E-state index contributed by atoms with van der Waals surface area (Å²) < 4.78 is 1.20. The van der Waals surface area contributed by atoms with Gasteiger partial charge in [-0.2, -0.15) is 0 Å². The predicted octanol–water partition coefficient (Wildman–Crippen LogP) is 4.07. The number of rotatable bonds is 4. The van der Waals surface area contributed by atoms with E-state index in [-0.39, 0.29) is 5.54 Å². The Bertz CT molecular complexity index is 320. The standard InChI is InChI=1S/C13H20BrN/c1-5-13(2,3)15(4)10-11-8-6-7-9-12(11)14/h6-9H,5,10H2,1-4H3. The molecule has 0 N–H and O–H groups in total. The molecule has 0 unspecified atom stereocenters. The molecule has 0 saturated carbocycles. The van der Waals surface area contributed by atoms with Gasteiger partial charge in [0.05, 0.1) is 0 Å². The van der Waals surface area contributed by atoms with Crippen LogP contribution in [0.4, 0.5) is 0 Å². The van der Waals surface area contributed by atoms with Crippen LogP contribution in [-0.4, -0.2) is 17.5 Å². The lowest BCUT2D eigenvalue weighted by Crippen LogP contribution is -2.39. The van der Waals surface area contributed by atoms with Crippen LogP contribution in [-0.2, 0) is 6.54 Å². The van der Waals surface area contributed by atoms with Crippen molar-refractivity contribution in [3.8, 4) is 0 Å². The molecule has 0 heterocycles. The summed E-state index contributed by atoms with van der Waals surface area (Å²) in [6.45, 7) is 7.78. The highest BCUT2D eigenvalue weighted by Gasteiger charge is 2.21. The summed E-state index contributed by atoms with van der Waals surface area (Å²) in [5, 5.41) is 0. The minimum Gasteiger partial charge on any atom is -0.297 e. The molecule has 0 bridgehead atoms. The zero-order chi connectivity index (χ0) is 11.5. The van der Waals surface area contributed by atoms with Gasteiger partial charge < -0.3 is 0 Å². The average molecular weight is 270 g/mol. The zero-order valence-corrected chi connectivity index (χ0v) is 11.6. The molecular formula is C13H20BrN. The Morgan fingerprint density at radius 2 is 1.87 bits per heavy atom. The molecule has 0 saturated heterocycles. The summed E-state index contributed by atoms with van der Waals surface area (Å²) in [4.78, 5) is 2.40. The van der Waals surface area contributed by atoms with Crippen LogP contribution in [0, 0.1) is 0 Å². The van der Waals surface area contributed by atoms with Gasteiger partial charge in [-0.25, -0.2) is 0 Å². The van der Waals surface area contributed by atoms with Crippen LogP contribution in [0.3, 0.4) is 0 Å². The maximum absolute atomic E-state index is 3.59. The third-order valence-corrected chi connectivity index (χ3v) is 4.04. The van der Waals surface area contributed by atoms with Crippen LogP contribution in [0.15, 0.2) is 28.7 Å².